The smallest absolute Gasteiger partial charge is 0.295 e. The van der Waals surface area contributed by atoms with Crippen molar-refractivity contribution in [2.24, 2.45) is 10.2 Å². The molecule has 0 saturated heterocycles. The number of pyridine rings is 1. The third kappa shape index (κ3) is 4.65. The molecule has 0 radical (unpaired) electrons. The highest BCUT2D eigenvalue weighted by molar-refractivity contribution is 7.86. The number of aromatic nitrogens is 1. The van der Waals surface area contributed by atoms with E-state index in [2.05, 4.69) is 39.5 Å². The summed E-state index contributed by atoms with van der Waals surface area (Å²) in [5.74, 6) is 0. The molecule has 0 saturated carbocycles. The van der Waals surface area contributed by atoms with Crippen LogP contribution < -0.4 is 5.73 Å². The zero-order chi connectivity index (χ0) is 24.4. The molecule has 0 bridgehead atoms. The normalized spacial score (nSPS) is 11.8. The predicted molar refractivity (Wildman–Crippen MR) is 137 cm³/mol. The molecule has 0 fully saturated rings. The molecule has 0 aliphatic heterocycles. The number of hydrogen-bond acceptors (Lipinski definition) is 6. The van der Waals surface area contributed by atoms with E-state index in [9.17, 15) is 13.0 Å². The predicted octanol–water partition coefficient (Wildman–Crippen LogP) is 6.81. The SMILES string of the molecule is Nc1c(/N=N/c2ccc(-c3cccc(-c4ccccc4)c3)nc2)cc(S(=O)(=O)O)c2ccccc12. The van der Waals surface area contributed by atoms with Gasteiger partial charge in [-0.25, -0.2) is 0 Å². The third-order valence-electron chi connectivity index (χ3n) is 5.59. The average Bonchev–Trinajstić information content (AvgIpc) is 2.89. The largest absolute Gasteiger partial charge is 0.396 e. The fourth-order valence-electron chi connectivity index (χ4n) is 3.86. The zero-order valence-electron chi connectivity index (χ0n) is 18.4. The number of anilines is 1. The Morgan fingerprint density at radius 1 is 0.714 bits per heavy atom. The number of azo groups is 1. The molecule has 7 nitrogen and oxygen atoms in total. The summed E-state index contributed by atoms with van der Waals surface area (Å²) in [7, 11) is -4.48. The van der Waals surface area contributed by atoms with Gasteiger partial charge in [-0.05, 0) is 35.4 Å². The maximum Gasteiger partial charge on any atom is 0.295 e. The van der Waals surface area contributed by atoms with Crippen LogP contribution in [0.15, 0.2) is 118 Å². The Hall–Kier alpha value is -4.40. The Kier molecular flexibility index (Phi) is 5.82. The highest BCUT2D eigenvalue weighted by atomic mass is 32.2. The van der Waals surface area contributed by atoms with Crippen LogP contribution in [0.1, 0.15) is 0 Å². The van der Waals surface area contributed by atoms with Crippen molar-refractivity contribution in [3.05, 3.63) is 103 Å². The van der Waals surface area contributed by atoms with Gasteiger partial charge in [0.1, 0.15) is 16.3 Å². The molecule has 8 heteroatoms. The summed E-state index contributed by atoms with van der Waals surface area (Å²) in [6.07, 6.45) is 1.58. The van der Waals surface area contributed by atoms with Crippen molar-refractivity contribution < 1.29 is 13.0 Å². The average molecular weight is 481 g/mol. The molecule has 172 valence electrons. The molecule has 5 rings (SSSR count). The van der Waals surface area contributed by atoms with E-state index in [1.54, 1.807) is 36.5 Å². The topological polar surface area (TPSA) is 118 Å². The second kappa shape index (κ2) is 9.09. The summed E-state index contributed by atoms with van der Waals surface area (Å²) in [5, 5.41) is 9.09. The highest BCUT2D eigenvalue weighted by Crippen LogP contribution is 2.36. The molecule has 1 heterocycles. The lowest BCUT2D eigenvalue weighted by Gasteiger charge is -2.09. The van der Waals surface area contributed by atoms with E-state index in [0.29, 0.717) is 16.5 Å². The van der Waals surface area contributed by atoms with E-state index < -0.39 is 10.1 Å². The first-order valence-corrected chi connectivity index (χ1v) is 12.2. The molecule has 0 unspecified atom stereocenters. The van der Waals surface area contributed by atoms with E-state index >= 15 is 0 Å². The maximum absolute atomic E-state index is 11.9. The van der Waals surface area contributed by atoms with Gasteiger partial charge in [0, 0.05) is 16.3 Å². The number of nitrogen functional groups attached to an aromatic ring is 1. The van der Waals surface area contributed by atoms with Crippen molar-refractivity contribution in [1.29, 1.82) is 0 Å². The standard InChI is InChI=1S/C27H20N4O3S/c28-27-23-12-5-4-11-22(23)26(35(32,33)34)16-25(27)31-30-21-13-14-24(29-17-21)20-10-6-9-19(15-20)18-7-2-1-3-8-18/h1-17H,28H2,(H,32,33,34)/b31-30+. The lowest BCUT2D eigenvalue weighted by atomic mass is 10.0. The van der Waals surface area contributed by atoms with Crippen LogP contribution in [0, 0.1) is 0 Å². The summed E-state index contributed by atoms with van der Waals surface area (Å²) in [5.41, 5.74) is 11.0. The Bertz CT molecular complexity index is 1670. The number of nitrogens with two attached hydrogens (primary N) is 1. The first-order valence-electron chi connectivity index (χ1n) is 10.7. The van der Waals surface area contributed by atoms with E-state index in [-0.39, 0.29) is 16.3 Å². The molecule has 5 aromatic rings. The van der Waals surface area contributed by atoms with E-state index in [1.165, 1.54) is 6.07 Å². The van der Waals surface area contributed by atoms with Gasteiger partial charge in [0.2, 0.25) is 0 Å². The molecule has 3 N–H and O–H groups in total. The fourth-order valence-corrected chi connectivity index (χ4v) is 4.58. The van der Waals surface area contributed by atoms with Gasteiger partial charge in [0.25, 0.3) is 10.1 Å². The minimum atomic E-state index is -4.48. The van der Waals surface area contributed by atoms with Gasteiger partial charge >= 0.3 is 0 Å². The molecular weight excluding hydrogens is 460 g/mol. The van der Waals surface area contributed by atoms with Crippen LogP contribution >= 0.6 is 0 Å². The van der Waals surface area contributed by atoms with Crippen LogP contribution in [0.4, 0.5) is 17.1 Å². The van der Waals surface area contributed by atoms with Crippen molar-refractivity contribution in [1.82, 2.24) is 4.98 Å². The van der Waals surface area contributed by atoms with Crippen LogP contribution in [0.25, 0.3) is 33.2 Å². The molecular formula is C27H20N4O3S. The second-order valence-electron chi connectivity index (χ2n) is 7.88. The van der Waals surface area contributed by atoms with Crippen LogP contribution in [0.5, 0.6) is 0 Å². The molecule has 1 aromatic heterocycles. The van der Waals surface area contributed by atoms with Crippen molar-refractivity contribution in [3.63, 3.8) is 0 Å². The monoisotopic (exact) mass is 480 g/mol. The molecule has 0 spiro atoms. The fraction of sp³-hybridized carbons (Fsp3) is 0. The molecule has 0 aliphatic rings. The quantitative estimate of drug-likeness (QED) is 0.163. The Labute approximate surface area is 202 Å². The Morgan fingerprint density at radius 3 is 2.11 bits per heavy atom. The summed E-state index contributed by atoms with van der Waals surface area (Å²) >= 11 is 0. The first-order chi connectivity index (χ1) is 16.9. The van der Waals surface area contributed by atoms with E-state index in [4.69, 9.17) is 5.73 Å². The van der Waals surface area contributed by atoms with Crippen molar-refractivity contribution in [2.45, 2.75) is 4.90 Å². The van der Waals surface area contributed by atoms with Gasteiger partial charge < -0.3 is 5.73 Å². The molecule has 35 heavy (non-hydrogen) atoms. The number of fused-ring (bicyclic) bond motifs is 1. The zero-order valence-corrected chi connectivity index (χ0v) is 19.2. The van der Waals surface area contributed by atoms with Gasteiger partial charge in [-0.1, -0.05) is 72.8 Å². The highest BCUT2D eigenvalue weighted by Gasteiger charge is 2.18. The second-order valence-corrected chi connectivity index (χ2v) is 9.27. The van der Waals surface area contributed by atoms with Crippen LogP contribution in [-0.4, -0.2) is 18.0 Å². The summed E-state index contributed by atoms with van der Waals surface area (Å²) < 4.78 is 33.5. The van der Waals surface area contributed by atoms with Crippen molar-refractivity contribution >= 4 is 38.0 Å². The molecule has 4 aromatic carbocycles. The van der Waals surface area contributed by atoms with Crippen LogP contribution in [0.3, 0.4) is 0 Å². The van der Waals surface area contributed by atoms with Crippen molar-refractivity contribution in [3.8, 4) is 22.4 Å². The van der Waals surface area contributed by atoms with E-state index in [1.807, 2.05) is 36.4 Å². The third-order valence-corrected chi connectivity index (χ3v) is 6.48. The molecule has 0 atom stereocenters. The van der Waals surface area contributed by atoms with Crippen molar-refractivity contribution in [2.75, 3.05) is 5.73 Å². The minimum Gasteiger partial charge on any atom is -0.396 e. The number of nitrogens with zero attached hydrogens (tertiary/aromatic N) is 3. The molecule has 0 amide bonds. The van der Waals surface area contributed by atoms with Crippen LogP contribution in [-0.2, 0) is 10.1 Å². The molecule has 0 aliphatic carbocycles. The maximum atomic E-state index is 11.9. The van der Waals surface area contributed by atoms with Gasteiger partial charge in [-0.2, -0.15) is 8.42 Å². The van der Waals surface area contributed by atoms with Gasteiger partial charge in [-0.3, -0.25) is 9.54 Å². The van der Waals surface area contributed by atoms with Crippen LogP contribution in [0.2, 0.25) is 0 Å². The Balaban J connectivity index is 1.45. The summed E-state index contributed by atoms with van der Waals surface area (Å²) in [6, 6.07) is 29.7. The minimum absolute atomic E-state index is 0.135. The summed E-state index contributed by atoms with van der Waals surface area (Å²) in [4.78, 5) is 4.23. The van der Waals surface area contributed by atoms with E-state index in [0.717, 1.165) is 22.4 Å². The van der Waals surface area contributed by atoms with Gasteiger partial charge in [0.05, 0.1) is 17.6 Å². The number of benzene rings is 4. The van der Waals surface area contributed by atoms with Gasteiger partial charge in [-0.15, -0.1) is 10.2 Å². The Morgan fingerprint density at radius 2 is 1.40 bits per heavy atom. The number of hydrogen-bond donors (Lipinski definition) is 2. The lowest BCUT2D eigenvalue weighted by Crippen LogP contribution is -2.01. The van der Waals surface area contributed by atoms with Gasteiger partial charge in [0.15, 0.2) is 0 Å². The first kappa shape index (κ1) is 22.4. The summed E-state index contributed by atoms with van der Waals surface area (Å²) in [6.45, 7) is 0. The number of rotatable bonds is 5. The lowest BCUT2D eigenvalue weighted by molar-refractivity contribution is 0.484.